The molecule has 1 amide bonds. The molecule has 0 saturated heterocycles. The lowest BCUT2D eigenvalue weighted by molar-refractivity contribution is -0.122. The zero-order valence-corrected chi connectivity index (χ0v) is 13.5. The van der Waals surface area contributed by atoms with E-state index in [1.165, 1.54) is 6.07 Å². The van der Waals surface area contributed by atoms with Crippen LogP contribution in [0.2, 0.25) is 0 Å². The van der Waals surface area contributed by atoms with E-state index in [0.717, 1.165) is 24.8 Å². The van der Waals surface area contributed by atoms with Crippen molar-refractivity contribution in [3.8, 4) is 0 Å². The van der Waals surface area contributed by atoms with Crippen LogP contribution in [0.1, 0.15) is 31.2 Å². The fourth-order valence-electron chi connectivity index (χ4n) is 2.48. The van der Waals surface area contributed by atoms with Gasteiger partial charge in [0.2, 0.25) is 5.91 Å². The molecule has 0 aliphatic heterocycles. The van der Waals surface area contributed by atoms with E-state index in [1.54, 1.807) is 12.1 Å². The molecule has 0 bridgehead atoms. The van der Waals surface area contributed by atoms with Gasteiger partial charge < -0.3 is 11.1 Å². The highest BCUT2D eigenvalue weighted by Crippen LogP contribution is 2.26. The molecule has 1 saturated carbocycles. The van der Waals surface area contributed by atoms with E-state index in [0.29, 0.717) is 23.4 Å². The molecule has 2 atom stereocenters. The van der Waals surface area contributed by atoms with Gasteiger partial charge >= 0.3 is 0 Å². The average Bonchev–Trinajstić information content (AvgIpc) is 2.77. The molecule has 0 aromatic heterocycles. The summed E-state index contributed by atoms with van der Waals surface area (Å²) in [6.07, 6.45) is 3.62. The topological polar surface area (TPSA) is 55.1 Å². The molecule has 3 N–H and O–H groups in total. The van der Waals surface area contributed by atoms with Gasteiger partial charge in [-0.25, -0.2) is 4.39 Å². The molecule has 1 fully saturated rings. The SMILES string of the molecule is Cl.N[C@@H]1CCC[C@H]1CC(=O)NCc1ccc(Br)c(F)c1. The van der Waals surface area contributed by atoms with Crippen LogP contribution in [0, 0.1) is 11.7 Å². The quantitative estimate of drug-likeness (QED) is 0.861. The third kappa shape index (κ3) is 4.72. The molecule has 1 aliphatic rings. The first-order valence-corrected chi connectivity index (χ1v) is 7.32. The third-order valence-corrected chi connectivity index (χ3v) is 4.28. The van der Waals surface area contributed by atoms with Crippen molar-refractivity contribution < 1.29 is 9.18 Å². The van der Waals surface area contributed by atoms with E-state index in [1.807, 2.05) is 0 Å². The minimum Gasteiger partial charge on any atom is -0.352 e. The maximum atomic E-state index is 13.3. The lowest BCUT2D eigenvalue weighted by Gasteiger charge is -2.14. The monoisotopic (exact) mass is 364 g/mol. The number of carbonyl (C=O) groups is 1. The maximum Gasteiger partial charge on any atom is 0.220 e. The van der Waals surface area contributed by atoms with Crippen LogP contribution < -0.4 is 11.1 Å². The Morgan fingerprint density at radius 3 is 2.80 bits per heavy atom. The first-order valence-electron chi connectivity index (χ1n) is 6.52. The second kappa shape index (κ2) is 7.96. The smallest absolute Gasteiger partial charge is 0.220 e. The highest BCUT2D eigenvalue weighted by Gasteiger charge is 2.25. The fraction of sp³-hybridized carbons (Fsp3) is 0.500. The molecule has 0 spiro atoms. The predicted octanol–water partition coefficient (Wildman–Crippen LogP) is 3.14. The first kappa shape index (κ1) is 17.4. The van der Waals surface area contributed by atoms with Crippen LogP contribution in [0.15, 0.2) is 22.7 Å². The fourth-order valence-corrected chi connectivity index (χ4v) is 2.73. The van der Waals surface area contributed by atoms with Crippen molar-refractivity contribution >= 4 is 34.2 Å². The number of halogens is 3. The Morgan fingerprint density at radius 1 is 1.45 bits per heavy atom. The molecular formula is C14H19BrClFN2O. The Labute approximate surface area is 133 Å². The highest BCUT2D eigenvalue weighted by atomic mass is 79.9. The summed E-state index contributed by atoms with van der Waals surface area (Å²) in [7, 11) is 0. The van der Waals surface area contributed by atoms with Crippen LogP contribution in [0.5, 0.6) is 0 Å². The van der Waals surface area contributed by atoms with Gasteiger partial charge in [0, 0.05) is 19.0 Å². The number of hydrogen-bond acceptors (Lipinski definition) is 2. The normalized spacial score (nSPS) is 21.4. The molecule has 1 aromatic carbocycles. The Morgan fingerprint density at radius 2 is 2.20 bits per heavy atom. The molecular weight excluding hydrogens is 347 g/mol. The van der Waals surface area contributed by atoms with E-state index >= 15 is 0 Å². The average molecular weight is 366 g/mol. The summed E-state index contributed by atoms with van der Waals surface area (Å²) in [5.41, 5.74) is 6.69. The lowest BCUT2D eigenvalue weighted by atomic mass is 10.00. The van der Waals surface area contributed by atoms with Crippen LogP contribution in [0.4, 0.5) is 4.39 Å². The molecule has 20 heavy (non-hydrogen) atoms. The van der Waals surface area contributed by atoms with E-state index in [-0.39, 0.29) is 30.2 Å². The summed E-state index contributed by atoms with van der Waals surface area (Å²) in [6, 6.07) is 5.00. The molecule has 6 heteroatoms. The van der Waals surface area contributed by atoms with Crippen molar-refractivity contribution in [3.63, 3.8) is 0 Å². The Balaban J connectivity index is 0.00000200. The van der Waals surface area contributed by atoms with Crippen molar-refractivity contribution in [1.29, 1.82) is 0 Å². The van der Waals surface area contributed by atoms with Crippen LogP contribution >= 0.6 is 28.3 Å². The van der Waals surface area contributed by atoms with Crippen LogP contribution in [0.25, 0.3) is 0 Å². The van der Waals surface area contributed by atoms with Gasteiger partial charge in [-0.3, -0.25) is 4.79 Å². The minimum absolute atomic E-state index is 0. The van der Waals surface area contributed by atoms with Crippen LogP contribution in [-0.2, 0) is 11.3 Å². The van der Waals surface area contributed by atoms with E-state index in [4.69, 9.17) is 5.73 Å². The second-order valence-corrected chi connectivity index (χ2v) is 5.94. The van der Waals surface area contributed by atoms with Gasteiger partial charge in [0.15, 0.2) is 0 Å². The van der Waals surface area contributed by atoms with E-state index in [9.17, 15) is 9.18 Å². The van der Waals surface area contributed by atoms with Gasteiger partial charge in [0.25, 0.3) is 0 Å². The number of benzene rings is 1. The highest BCUT2D eigenvalue weighted by molar-refractivity contribution is 9.10. The number of nitrogens with one attached hydrogen (secondary N) is 1. The van der Waals surface area contributed by atoms with E-state index < -0.39 is 0 Å². The van der Waals surface area contributed by atoms with Crippen molar-refractivity contribution in [2.45, 2.75) is 38.3 Å². The molecule has 3 nitrogen and oxygen atoms in total. The van der Waals surface area contributed by atoms with Crippen molar-refractivity contribution in [3.05, 3.63) is 34.1 Å². The third-order valence-electron chi connectivity index (χ3n) is 3.64. The van der Waals surface area contributed by atoms with Gasteiger partial charge in [-0.15, -0.1) is 12.4 Å². The van der Waals surface area contributed by atoms with Crippen molar-refractivity contribution in [2.24, 2.45) is 11.7 Å². The van der Waals surface area contributed by atoms with Gasteiger partial charge in [0.05, 0.1) is 4.47 Å². The standard InChI is InChI=1S/C14H18BrFN2O.ClH/c15-11-5-4-9(6-12(11)16)8-18-14(19)7-10-2-1-3-13(10)17;/h4-6,10,13H,1-3,7-8,17H2,(H,18,19);1H/t10-,13+;/m0./s1. The largest absolute Gasteiger partial charge is 0.352 e. The van der Waals surface area contributed by atoms with Crippen molar-refractivity contribution in [1.82, 2.24) is 5.32 Å². The van der Waals surface area contributed by atoms with Crippen LogP contribution in [0.3, 0.4) is 0 Å². The summed E-state index contributed by atoms with van der Waals surface area (Å²) >= 11 is 3.10. The molecule has 1 aliphatic carbocycles. The maximum absolute atomic E-state index is 13.3. The molecule has 0 radical (unpaired) electrons. The molecule has 2 rings (SSSR count). The molecule has 1 aromatic rings. The summed E-state index contributed by atoms with van der Waals surface area (Å²) < 4.78 is 13.7. The van der Waals surface area contributed by atoms with Crippen molar-refractivity contribution in [2.75, 3.05) is 0 Å². The summed E-state index contributed by atoms with van der Waals surface area (Å²) in [5, 5.41) is 2.82. The molecule has 0 unspecified atom stereocenters. The number of nitrogens with two attached hydrogens (primary N) is 1. The summed E-state index contributed by atoms with van der Waals surface area (Å²) in [4.78, 5) is 11.8. The second-order valence-electron chi connectivity index (χ2n) is 5.08. The van der Waals surface area contributed by atoms with Gasteiger partial charge in [-0.05, 0) is 52.4 Å². The Bertz CT molecular complexity index is 472. The summed E-state index contributed by atoms with van der Waals surface area (Å²) in [6.45, 7) is 0.352. The van der Waals surface area contributed by atoms with Gasteiger partial charge in [-0.1, -0.05) is 12.5 Å². The van der Waals surface area contributed by atoms with E-state index in [2.05, 4.69) is 21.2 Å². The number of carbonyl (C=O) groups excluding carboxylic acids is 1. The Hall–Kier alpha value is -0.650. The number of hydrogen-bond donors (Lipinski definition) is 2. The minimum atomic E-state index is -0.315. The summed E-state index contributed by atoms with van der Waals surface area (Å²) in [5.74, 6) is -0.0307. The number of rotatable bonds is 4. The molecule has 0 heterocycles. The molecule has 112 valence electrons. The predicted molar refractivity (Wildman–Crippen MR) is 83.1 cm³/mol. The zero-order chi connectivity index (χ0) is 13.8. The van der Waals surface area contributed by atoms with Gasteiger partial charge in [0.1, 0.15) is 5.82 Å². The van der Waals surface area contributed by atoms with Crippen LogP contribution in [-0.4, -0.2) is 11.9 Å². The Kier molecular flexibility index (Phi) is 6.92. The number of amides is 1. The lowest BCUT2D eigenvalue weighted by Crippen LogP contribution is -2.31. The zero-order valence-electron chi connectivity index (χ0n) is 11.1. The first-order chi connectivity index (χ1) is 9.06. The van der Waals surface area contributed by atoms with Gasteiger partial charge in [-0.2, -0.15) is 0 Å².